The van der Waals surface area contributed by atoms with Gasteiger partial charge in [0.1, 0.15) is 5.69 Å². The third kappa shape index (κ3) is 2.50. The number of imide groups is 1. The number of hydrogen-bond acceptors (Lipinski definition) is 4. The van der Waals surface area contributed by atoms with Crippen molar-refractivity contribution < 1.29 is 14.4 Å². The second kappa shape index (κ2) is 5.68. The Kier molecular flexibility index (Phi) is 3.69. The van der Waals surface area contributed by atoms with Gasteiger partial charge in [0, 0.05) is 25.2 Å². The van der Waals surface area contributed by atoms with E-state index in [1.165, 1.54) is 4.90 Å². The fraction of sp³-hybridized carbons (Fsp3) is 0.250. The van der Waals surface area contributed by atoms with Gasteiger partial charge >= 0.3 is 0 Å². The van der Waals surface area contributed by atoms with E-state index in [9.17, 15) is 14.4 Å². The lowest BCUT2D eigenvalue weighted by Gasteiger charge is -2.14. The Hall–Kier alpha value is -2.96. The van der Waals surface area contributed by atoms with Gasteiger partial charge in [-0.3, -0.25) is 24.0 Å². The summed E-state index contributed by atoms with van der Waals surface area (Å²) < 4.78 is 1.65. The smallest absolute Gasteiger partial charge is 0.269 e. The van der Waals surface area contributed by atoms with Gasteiger partial charge in [-0.1, -0.05) is 12.1 Å². The van der Waals surface area contributed by atoms with E-state index in [2.05, 4.69) is 5.10 Å². The van der Waals surface area contributed by atoms with Crippen molar-refractivity contribution in [2.24, 2.45) is 5.73 Å². The van der Waals surface area contributed by atoms with E-state index in [1.807, 2.05) is 6.92 Å². The highest BCUT2D eigenvalue weighted by Crippen LogP contribution is 2.22. The summed E-state index contributed by atoms with van der Waals surface area (Å²) in [7, 11) is 0. The van der Waals surface area contributed by atoms with Gasteiger partial charge in [0.25, 0.3) is 17.7 Å². The first-order chi connectivity index (χ1) is 11.0. The SMILES string of the molecule is CCn1nc(C(N)=O)cc1CCN1C(=O)c2ccccc2C1=O. The largest absolute Gasteiger partial charge is 0.364 e. The predicted molar refractivity (Wildman–Crippen MR) is 81.9 cm³/mol. The lowest BCUT2D eigenvalue weighted by atomic mass is 10.1. The van der Waals surface area contributed by atoms with Crippen LogP contribution in [-0.2, 0) is 13.0 Å². The molecule has 3 rings (SSSR count). The normalized spacial score (nSPS) is 13.5. The van der Waals surface area contributed by atoms with Crippen LogP contribution in [0.25, 0.3) is 0 Å². The van der Waals surface area contributed by atoms with Crippen molar-refractivity contribution in [3.8, 4) is 0 Å². The summed E-state index contributed by atoms with van der Waals surface area (Å²) in [6.07, 6.45) is 0.416. The van der Waals surface area contributed by atoms with E-state index in [0.29, 0.717) is 24.1 Å². The molecule has 0 bridgehead atoms. The average Bonchev–Trinajstić information content (AvgIpc) is 3.07. The van der Waals surface area contributed by atoms with Gasteiger partial charge in [0.15, 0.2) is 0 Å². The molecule has 7 nitrogen and oxygen atoms in total. The molecule has 2 heterocycles. The molecule has 0 atom stereocenters. The fourth-order valence-electron chi connectivity index (χ4n) is 2.72. The molecule has 3 amide bonds. The van der Waals surface area contributed by atoms with Gasteiger partial charge in [-0.25, -0.2) is 0 Å². The average molecular weight is 312 g/mol. The molecule has 0 fully saturated rings. The number of fused-ring (bicyclic) bond motifs is 1. The maximum Gasteiger partial charge on any atom is 0.269 e. The van der Waals surface area contributed by atoms with E-state index in [1.54, 1.807) is 35.0 Å². The number of benzene rings is 1. The monoisotopic (exact) mass is 312 g/mol. The lowest BCUT2D eigenvalue weighted by molar-refractivity contribution is 0.0655. The van der Waals surface area contributed by atoms with Crippen LogP contribution >= 0.6 is 0 Å². The van der Waals surface area contributed by atoms with Crippen LogP contribution in [0, 0.1) is 0 Å². The van der Waals surface area contributed by atoms with Crippen LogP contribution in [0.1, 0.15) is 43.8 Å². The number of carbonyl (C=O) groups is 3. The number of carbonyl (C=O) groups excluding carboxylic acids is 3. The van der Waals surface area contributed by atoms with Gasteiger partial charge in [-0.05, 0) is 25.1 Å². The fourth-order valence-corrected chi connectivity index (χ4v) is 2.72. The van der Waals surface area contributed by atoms with E-state index < -0.39 is 5.91 Å². The third-order valence-corrected chi connectivity index (χ3v) is 3.89. The van der Waals surface area contributed by atoms with E-state index >= 15 is 0 Å². The number of nitrogens with zero attached hydrogens (tertiary/aromatic N) is 3. The number of hydrogen-bond donors (Lipinski definition) is 1. The zero-order valence-electron chi connectivity index (χ0n) is 12.7. The summed E-state index contributed by atoms with van der Waals surface area (Å²) >= 11 is 0. The molecule has 1 aliphatic heterocycles. The predicted octanol–water partition coefficient (Wildman–Crippen LogP) is 0.841. The highest BCUT2D eigenvalue weighted by atomic mass is 16.2. The zero-order valence-corrected chi connectivity index (χ0v) is 12.7. The Balaban J connectivity index is 1.79. The summed E-state index contributed by atoms with van der Waals surface area (Å²) in [4.78, 5) is 37.1. The number of aryl methyl sites for hydroxylation is 1. The maximum absolute atomic E-state index is 12.3. The van der Waals surface area contributed by atoms with Crippen LogP contribution in [0.15, 0.2) is 30.3 Å². The quantitative estimate of drug-likeness (QED) is 0.827. The van der Waals surface area contributed by atoms with E-state index in [0.717, 1.165) is 5.69 Å². The molecule has 23 heavy (non-hydrogen) atoms. The van der Waals surface area contributed by atoms with Crippen molar-refractivity contribution in [3.05, 3.63) is 52.8 Å². The van der Waals surface area contributed by atoms with Crippen LogP contribution in [0.3, 0.4) is 0 Å². The summed E-state index contributed by atoms with van der Waals surface area (Å²) in [6.45, 7) is 2.70. The molecule has 118 valence electrons. The second-order valence-electron chi connectivity index (χ2n) is 5.26. The Morgan fingerprint density at radius 3 is 2.30 bits per heavy atom. The highest BCUT2D eigenvalue weighted by molar-refractivity contribution is 6.21. The minimum absolute atomic E-state index is 0.184. The molecule has 0 unspecified atom stereocenters. The van der Waals surface area contributed by atoms with Crippen LogP contribution in [-0.4, -0.2) is 38.9 Å². The second-order valence-corrected chi connectivity index (χ2v) is 5.26. The van der Waals surface area contributed by atoms with Crippen molar-refractivity contribution in [2.45, 2.75) is 19.9 Å². The standard InChI is InChI=1S/C16H16N4O3/c1-2-20-10(9-13(18-20)14(17)21)7-8-19-15(22)11-5-3-4-6-12(11)16(19)23/h3-6,9H,2,7-8H2,1H3,(H2,17,21). The van der Waals surface area contributed by atoms with Gasteiger partial charge in [0.2, 0.25) is 0 Å². The molecule has 0 saturated carbocycles. The van der Waals surface area contributed by atoms with E-state index in [-0.39, 0.29) is 24.1 Å². The van der Waals surface area contributed by atoms with Crippen LogP contribution in [0.2, 0.25) is 0 Å². The minimum Gasteiger partial charge on any atom is -0.364 e. The molecular formula is C16H16N4O3. The Bertz CT molecular complexity index is 774. The highest BCUT2D eigenvalue weighted by Gasteiger charge is 2.34. The number of primary amides is 1. The third-order valence-electron chi connectivity index (χ3n) is 3.89. The van der Waals surface area contributed by atoms with Crippen LogP contribution in [0.4, 0.5) is 0 Å². The number of amides is 3. The van der Waals surface area contributed by atoms with Crippen LogP contribution < -0.4 is 5.73 Å². The molecule has 1 aromatic heterocycles. The zero-order chi connectivity index (χ0) is 16.6. The van der Waals surface area contributed by atoms with Crippen LogP contribution in [0.5, 0.6) is 0 Å². The number of nitrogens with two attached hydrogens (primary N) is 1. The Morgan fingerprint density at radius 1 is 1.17 bits per heavy atom. The Morgan fingerprint density at radius 2 is 1.78 bits per heavy atom. The molecular weight excluding hydrogens is 296 g/mol. The van der Waals surface area contributed by atoms with Crippen molar-refractivity contribution in [1.29, 1.82) is 0 Å². The summed E-state index contributed by atoms with van der Waals surface area (Å²) in [5, 5.41) is 4.10. The van der Waals surface area contributed by atoms with Gasteiger partial charge in [0.05, 0.1) is 11.1 Å². The molecule has 2 N–H and O–H groups in total. The number of aromatic nitrogens is 2. The first-order valence-corrected chi connectivity index (χ1v) is 7.34. The lowest BCUT2D eigenvalue weighted by Crippen LogP contribution is -2.32. The number of rotatable bonds is 5. The van der Waals surface area contributed by atoms with Gasteiger partial charge in [-0.2, -0.15) is 5.10 Å². The first-order valence-electron chi connectivity index (χ1n) is 7.34. The van der Waals surface area contributed by atoms with Gasteiger partial charge < -0.3 is 5.73 Å². The first kappa shape index (κ1) is 15.0. The molecule has 0 radical (unpaired) electrons. The summed E-state index contributed by atoms with van der Waals surface area (Å²) in [6, 6.07) is 8.37. The molecule has 1 aromatic carbocycles. The Labute approximate surface area is 132 Å². The molecule has 0 aliphatic carbocycles. The maximum atomic E-state index is 12.3. The minimum atomic E-state index is -0.598. The van der Waals surface area contributed by atoms with Crippen molar-refractivity contribution in [1.82, 2.24) is 14.7 Å². The van der Waals surface area contributed by atoms with Gasteiger partial charge in [-0.15, -0.1) is 0 Å². The van der Waals surface area contributed by atoms with Crippen molar-refractivity contribution >= 4 is 17.7 Å². The van der Waals surface area contributed by atoms with Crippen molar-refractivity contribution in [3.63, 3.8) is 0 Å². The topological polar surface area (TPSA) is 98.3 Å². The molecule has 1 aliphatic rings. The summed E-state index contributed by atoms with van der Waals surface area (Å²) in [5.41, 5.74) is 7.04. The van der Waals surface area contributed by atoms with Crippen molar-refractivity contribution in [2.75, 3.05) is 6.54 Å². The van der Waals surface area contributed by atoms with E-state index in [4.69, 9.17) is 5.73 Å². The molecule has 2 aromatic rings. The summed E-state index contributed by atoms with van der Waals surface area (Å²) in [5.74, 6) is -1.18. The molecule has 0 saturated heterocycles. The molecule has 7 heteroatoms. The molecule has 0 spiro atoms.